The van der Waals surface area contributed by atoms with Crippen molar-refractivity contribution >= 4 is 17.5 Å². The third-order valence-corrected chi connectivity index (χ3v) is 6.26. The van der Waals surface area contributed by atoms with Crippen molar-refractivity contribution < 1.29 is 19.1 Å². The number of hydrogen-bond donors (Lipinski definition) is 2. The summed E-state index contributed by atoms with van der Waals surface area (Å²) in [7, 11) is 0. The fourth-order valence-corrected chi connectivity index (χ4v) is 4.74. The van der Waals surface area contributed by atoms with Crippen LogP contribution in [0.3, 0.4) is 0 Å². The van der Waals surface area contributed by atoms with Gasteiger partial charge in [0, 0.05) is 5.56 Å². The molecule has 4 atom stereocenters. The normalized spacial score (nSPS) is 28.7. The van der Waals surface area contributed by atoms with Gasteiger partial charge in [-0.15, -0.1) is 0 Å². The number of ketones is 2. The van der Waals surface area contributed by atoms with E-state index in [0.717, 1.165) is 45.1 Å². The van der Waals surface area contributed by atoms with Crippen LogP contribution >= 0.6 is 0 Å². The van der Waals surface area contributed by atoms with Gasteiger partial charge in [-0.3, -0.25) is 14.4 Å². The minimum atomic E-state index is -1.07. The SMILES string of the molecule is O=C(NC(CC1CCCC1)C(=O)C1OC2CCCNC2C1=O)c1ccccc1. The zero-order chi connectivity index (χ0) is 19.5. The zero-order valence-corrected chi connectivity index (χ0v) is 16.1. The van der Waals surface area contributed by atoms with E-state index in [4.69, 9.17) is 4.74 Å². The number of rotatable bonds is 6. The van der Waals surface area contributed by atoms with Crippen LogP contribution in [0.1, 0.15) is 55.3 Å². The van der Waals surface area contributed by atoms with Gasteiger partial charge < -0.3 is 15.4 Å². The summed E-state index contributed by atoms with van der Waals surface area (Å²) < 4.78 is 5.86. The fourth-order valence-electron chi connectivity index (χ4n) is 4.74. The van der Waals surface area contributed by atoms with Crippen molar-refractivity contribution in [1.29, 1.82) is 0 Å². The first-order chi connectivity index (χ1) is 13.6. The van der Waals surface area contributed by atoms with Gasteiger partial charge in [0.1, 0.15) is 0 Å². The summed E-state index contributed by atoms with van der Waals surface area (Å²) in [6.45, 7) is 0.771. The van der Waals surface area contributed by atoms with E-state index < -0.39 is 12.1 Å². The molecule has 1 saturated carbocycles. The largest absolute Gasteiger partial charge is 0.357 e. The zero-order valence-electron chi connectivity index (χ0n) is 16.1. The van der Waals surface area contributed by atoms with Gasteiger partial charge in [0.15, 0.2) is 17.7 Å². The topological polar surface area (TPSA) is 84.5 Å². The second kappa shape index (κ2) is 8.53. The molecule has 1 aromatic carbocycles. The van der Waals surface area contributed by atoms with E-state index in [2.05, 4.69) is 10.6 Å². The lowest BCUT2D eigenvalue weighted by Crippen LogP contribution is -2.50. The standard InChI is InChI=1S/C22H28N2O4/c25-19(21-20(26)18-17(28-21)11-6-12-23-18)16(13-14-7-4-5-8-14)24-22(27)15-9-2-1-3-10-15/h1-3,9-10,14,16-18,21,23H,4-8,11-13H2,(H,24,27). The maximum atomic E-state index is 13.3. The summed E-state index contributed by atoms with van der Waals surface area (Å²) in [6.07, 6.45) is 5.45. The number of nitrogens with one attached hydrogen (secondary N) is 2. The Morgan fingerprint density at radius 1 is 1.11 bits per heavy atom. The van der Waals surface area contributed by atoms with Crippen molar-refractivity contribution in [3.8, 4) is 0 Å². The minimum absolute atomic E-state index is 0.180. The summed E-state index contributed by atoms with van der Waals surface area (Å²) in [6, 6.07) is 7.80. The van der Waals surface area contributed by atoms with Gasteiger partial charge in [-0.1, -0.05) is 43.9 Å². The van der Waals surface area contributed by atoms with Gasteiger partial charge in [-0.05, 0) is 43.9 Å². The van der Waals surface area contributed by atoms with E-state index in [9.17, 15) is 14.4 Å². The van der Waals surface area contributed by atoms with Crippen LogP contribution in [0.25, 0.3) is 0 Å². The highest BCUT2D eigenvalue weighted by atomic mass is 16.5. The number of Topliss-reactive ketones (excluding diaryl/α,β-unsaturated/α-hetero) is 2. The highest BCUT2D eigenvalue weighted by Crippen LogP contribution is 2.31. The lowest BCUT2D eigenvalue weighted by atomic mass is 9.91. The molecule has 0 radical (unpaired) electrons. The third kappa shape index (κ3) is 4.03. The second-order valence-electron chi connectivity index (χ2n) is 8.21. The van der Waals surface area contributed by atoms with Gasteiger partial charge in [0.2, 0.25) is 0 Å². The molecule has 0 bridgehead atoms. The van der Waals surface area contributed by atoms with Crippen molar-refractivity contribution in [2.45, 2.75) is 69.2 Å². The smallest absolute Gasteiger partial charge is 0.251 e. The van der Waals surface area contributed by atoms with Crippen molar-refractivity contribution in [2.24, 2.45) is 5.92 Å². The van der Waals surface area contributed by atoms with Crippen LogP contribution in [0.4, 0.5) is 0 Å². The molecule has 2 N–H and O–H groups in total. The first-order valence-electron chi connectivity index (χ1n) is 10.5. The Morgan fingerprint density at radius 3 is 2.57 bits per heavy atom. The van der Waals surface area contributed by atoms with E-state index in [1.807, 2.05) is 6.07 Å². The number of benzene rings is 1. The highest BCUT2D eigenvalue weighted by molar-refractivity contribution is 6.12. The van der Waals surface area contributed by atoms with Gasteiger partial charge in [-0.25, -0.2) is 0 Å². The number of carbonyl (C=O) groups is 3. The number of fused-ring (bicyclic) bond motifs is 1. The lowest BCUT2D eigenvalue weighted by molar-refractivity contribution is -0.138. The predicted octanol–water partition coefficient (Wildman–Crippen LogP) is 2.02. The molecule has 4 unspecified atom stereocenters. The molecule has 1 aliphatic carbocycles. The molecule has 1 amide bonds. The molecule has 3 fully saturated rings. The molecule has 6 nitrogen and oxygen atoms in total. The van der Waals surface area contributed by atoms with Crippen molar-refractivity contribution in [3.05, 3.63) is 35.9 Å². The van der Waals surface area contributed by atoms with Crippen LogP contribution in [0, 0.1) is 5.92 Å². The average Bonchev–Trinajstić information content (AvgIpc) is 3.36. The second-order valence-corrected chi connectivity index (χ2v) is 8.21. The lowest BCUT2D eigenvalue weighted by Gasteiger charge is -2.24. The van der Waals surface area contributed by atoms with Gasteiger partial charge in [0.25, 0.3) is 5.91 Å². The average molecular weight is 384 g/mol. The molecule has 150 valence electrons. The Bertz CT molecular complexity index is 729. The quantitative estimate of drug-likeness (QED) is 0.733. The molecule has 2 heterocycles. The Morgan fingerprint density at radius 2 is 1.86 bits per heavy atom. The Hall–Kier alpha value is -2.05. The van der Waals surface area contributed by atoms with Crippen LogP contribution in [-0.4, -0.2) is 48.3 Å². The molecular weight excluding hydrogens is 356 g/mol. The van der Waals surface area contributed by atoms with E-state index in [0.29, 0.717) is 17.9 Å². The first kappa shape index (κ1) is 19.3. The first-order valence-corrected chi connectivity index (χ1v) is 10.5. The van der Waals surface area contributed by atoms with Crippen LogP contribution in [0.15, 0.2) is 30.3 Å². The van der Waals surface area contributed by atoms with Gasteiger partial charge in [-0.2, -0.15) is 0 Å². The molecule has 4 rings (SSSR count). The Labute approximate surface area is 165 Å². The number of ether oxygens (including phenoxy) is 1. The highest BCUT2D eigenvalue weighted by Gasteiger charge is 2.49. The molecule has 0 spiro atoms. The summed E-state index contributed by atoms with van der Waals surface area (Å²) in [5, 5.41) is 6.08. The van der Waals surface area contributed by atoms with Crippen LogP contribution in [0.2, 0.25) is 0 Å². The van der Waals surface area contributed by atoms with Gasteiger partial charge >= 0.3 is 0 Å². The maximum absolute atomic E-state index is 13.3. The Balaban J connectivity index is 1.49. The van der Waals surface area contributed by atoms with Crippen molar-refractivity contribution in [2.75, 3.05) is 6.54 Å². The van der Waals surface area contributed by atoms with Crippen molar-refractivity contribution in [3.63, 3.8) is 0 Å². The number of piperidine rings is 1. The molecule has 0 aromatic heterocycles. The van der Waals surface area contributed by atoms with Gasteiger partial charge in [0.05, 0.1) is 18.2 Å². The molecule has 6 heteroatoms. The molecule has 2 aliphatic heterocycles. The van der Waals surface area contributed by atoms with E-state index in [1.165, 1.54) is 0 Å². The third-order valence-electron chi connectivity index (χ3n) is 6.26. The summed E-state index contributed by atoms with van der Waals surface area (Å²) >= 11 is 0. The molecule has 3 aliphatic rings. The molecule has 28 heavy (non-hydrogen) atoms. The van der Waals surface area contributed by atoms with Crippen LogP contribution < -0.4 is 10.6 Å². The summed E-state index contributed by atoms with van der Waals surface area (Å²) in [5.74, 6) is -0.350. The van der Waals surface area contributed by atoms with Crippen LogP contribution in [-0.2, 0) is 14.3 Å². The molecular formula is C22H28N2O4. The maximum Gasteiger partial charge on any atom is 0.251 e. The summed E-state index contributed by atoms with van der Waals surface area (Å²) in [4.78, 5) is 38.7. The van der Waals surface area contributed by atoms with E-state index in [-0.39, 0.29) is 29.6 Å². The van der Waals surface area contributed by atoms with E-state index in [1.54, 1.807) is 24.3 Å². The Kier molecular flexibility index (Phi) is 5.87. The molecule has 1 aromatic rings. The predicted molar refractivity (Wildman–Crippen MR) is 104 cm³/mol. The van der Waals surface area contributed by atoms with E-state index >= 15 is 0 Å². The van der Waals surface area contributed by atoms with Crippen molar-refractivity contribution in [1.82, 2.24) is 10.6 Å². The minimum Gasteiger partial charge on any atom is -0.357 e. The fraction of sp³-hybridized carbons (Fsp3) is 0.591. The number of carbonyl (C=O) groups excluding carboxylic acids is 3. The number of hydrogen-bond acceptors (Lipinski definition) is 5. The monoisotopic (exact) mass is 384 g/mol. The molecule has 2 saturated heterocycles. The number of amides is 1. The summed E-state index contributed by atoms with van der Waals surface area (Å²) in [5.41, 5.74) is 0.515. The van der Waals surface area contributed by atoms with Crippen LogP contribution in [0.5, 0.6) is 0 Å².